The topological polar surface area (TPSA) is 73.9 Å². The van der Waals surface area contributed by atoms with Crippen LogP contribution < -0.4 is 14.8 Å². The lowest BCUT2D eigenvalue weighted by molar-refractivity contribution is 0.0504. The van der Waals surface area contributed by atoms with E-state index in [1.54, 1.807) is 69.3 Å². The number of alkyl carbamates (subject to hydrolysis) is 1. The zero-order valence-electron chi connectivity index (χ0n) is 16.0. The lowest BCUT2D eigenvalue weighted by atomic mass is 10.2. The van der Waals surface area contributed by atoms with Gasteiger partial charge in [-0.05, 0) is 52.0 Å². The molecule has 2 aromatic rings. The first-order valence-corrected chi connectivity index (χ1v) is 8.74. The van der Waals surface area contributed by atoms with Crippen molar-refractivity contribution in [3.8, 4) is 11.5 Å². The quantitative estimate of drug-likeness (QED) is 0.609. The third-order valence-electron chi connectivity index (χ3n) is 3.30. The molecular formula is C21H25NO5. The minimum atomic E-state index is -0.550. The average Bonchev–Trinajstić information content (AvgIpc) is 2.59. The highest BCUT2D eigenvalue weighted by Crippen LogP contribution is 2.21. The molecule has 0 heterocycles. The highest BCUT2D eigenvalue weighted by molar-refractivity contribution is 5.90. The van der Waals surface area contributed by atoms with Crippen molar-refractivity contribution in [1.82, 2.24) is 5.32 Å². The van der Waals surface area contributed by atoms with E-state index in [0.29, 0.717) is 17.1 Å². The second kappa shape index (κ2) is 9.07. The van der Waals surface area contributed by atoms with E-state index in [0.717, 1.165) is 0 Å². The molecule has 0 unspecified atom stereocenters. The number of ether oxygens (including phenoxy) is 3. The lowest BCUT2D eigenvalue weighted by Crippen LogP contribution is -2.37. The summed E-state index contributed by atoms with van der Waals surface area (Å²) in [6.45, 7) is 7.50. The third kappa shape index (κ3) is 7.40. The smallest absolute Gasteiger partial charge is 0.407 e. The predicted octanol–water partition coefficient (Wildman–Crippen LogP) is 4.20. The van der Waals surface area contributed by atoms with Gasteiger partial charge in [-0.1, -0.05) is 24.3 Å². The Kier molecular flexibility index (Phi) is 6.82. The van der Waals surface area contributed by atoms with Gasteiger partial charge in [0.15, 0.2) is 0 Å². The summed E-state index contributed by atoms with van der Waals surface area (Å²) in [4.78, 5) is 23.8. The molecule has 27 heavy (non-hydrogen) atoms. The Balaban J connectivity index is 1.87. The maximum Gasteiger partial charge on any atom is 0.407 e. The minimum absolute atomic E-state index is 0.281. The van der Waals surface area contributed by atoms with E-state index in [4.69, 9.17) is 14.2 Å². The molecule has 0 aliphatic carbocycles. The first kappa shape index (κ1) is 20.3. The summed E-state index contributed by atoms with van der Waals surface area (Å²) in [5.41, 5.74) is -0.0794. The first-order valence-electron chi connectivity index (χ1n) is 8.74. The van der Waals surface area contributed by atoms with E-state index in [1.165, 1.54) is 0 Å². The van der Waals surface area contributed by atoms with Crippen LogP contribution in [0.4, 0.5) is 4.79 Å². The summed E-state index contributed by atoms with van der Waals surface area (Å²) in [6, 6.07) is 15.5. The van der Waals surface area contributed by atoms with Gasteiger partial charge in [0.1, 0.15) is 23.2 Å². The Bertz CT molecular complexity index is 768. The molecule has 0 aliphatic heterocycles. The summed E-state index contributed by atoms with van der Waals surface area (Å²) in [6.07, 6.45) is -0.791. The van der Waals surface area contributed by atoms with Crippen molar-refractivity contribution in [3.05, 3.63) is 60.2 Å². The molecule has 0 saturated carbocycles. The molecule has 0 aliphatic rings. The van der Waals surface area contributed by atoms with E-state index in [2.05, 4.69) is 5.32 Å². The molecule has 1 amide bonds. The van der Waals surface area contributed by atoms with Crippen molar-refractivity contribution in [3.63, 3.8) is 0 Å². The zero-order valence-corrected chi connectivity index (χ0v) is 16.0. The van der Waals surface area contributed by atoms with Gasteiger partial charge in [-0.15, -0.1) is 0 Å². The normalized spacial score (nSPS) is 12.0. The Labute approximate surface area is 159 Å². The molecule has 0 aromatic heterocycles. The van der Waals surface area contributed by atoms with Crippen LogP contribution >= 0.6 is 0 Å². The van der Waals surface area contributed by atoms with Gasteiger partial charge in [0.25, 0.3) is 0 Å². The average molecular weight is 371 g/mol. The van der Waals surface area contributed by atoms with Crippen molar-refractivity contribution in [2.45, 2.75) is 39.4 Å². The summed E-state index contributed by atoms with van der Waals surface area (Å²) >= 11 is 0. The standard InChI is InChI=1S/C21H25NO5/c1-15(14-22-20(24)27-21(2,3)4)25-17-11-8-12-18(13-17)26-19(23)16-9-6-5-7-10-16/h5-13,15H,14H2,1-4H3,(H,22,24)/t15-/m1/s1. The molecule has 0 saturated heterocycles. The number of benzene rings is 2. The van der Waals surface area contributed by atoms with Gasteiger partial charge in [-0.2, -0.15) is 0 Å². The summed E-state index contributed by atoms with van der Waals surface area (Å²) in [7, 11) is 0. The lowest BCUT2D eigenvalue weighted by Gasteiger charge is -2.21. The van der Waals surface area contributed by atoms with Gasteiger partial charge in [-0.3, -0.25) is 0 Å². The van der Waals surface area contributed by atoms with Crippen molar-refractivity contribution in [1.29, 1.82) is 0 Å². The molecule has 0 spiro atoms. The van der Waals surface area contributed by atoms with Crippen LogP contribution in [0.5, 0.6) is 11.5 Å². The number of amides is 1. The van der Waals surface area contributed by atoms with Crippen molar-refractivity contribution < 1.29 is 23.8 Å². The summed E-state index contributed by atoms with van der Waals surface area (Å²) < 4.78 is 16.3. The van der Waals surface area contributed by atoms with E-state index in [1.807, 2.05) is 13.0 Å². The van der Waals surface area contributed by atoms with Crippen LogP contribution in [-0.4, -0.2) is 30.3 Å². The first-order chi connectivity index (χ1) is 12.7. The molecule has 6 heteroatoms. The van der Waals surface area contributed by atoms with Crippen LogP contribution in [0.3, 0.4) is 0 Å². The number of esters is 1. The Hall–Kier alpha value is -3.02. The summed E-state index contributed by atoms with van der Waals surface area (Å²) in [5.74, 6) is 0.480. The van der Waals surface area contributed by atoms with Crippen molar-refractivity contribution in [2.75, 3.05) is 6.54 Å². The highest BCUT2D eigenvalue weighted by atomic mass is 16.6. The van der Waals surface area contributed by atoms with Crippen molar-refractivity contribution >= 4 is 12.1 Å². The Morgan fingerprint density at radius 2 is 1.67 bits per heavy atom. The van der Waals surface area contributed by atoms with Gasteiger partial charge in [0, 0.05) is 6.07 Å². The number of carbonyl (C=O) groups excluding carboxylic acids is 2. The fourth-order valence-corrected chi connectivity index (χ4v) is 2.17. The van der Waals surface area contributed by atoms with Crippen LogP contribution in [0.15, 0.2) is 54.6 Å². The molecule has 6 nitrogen and oxygen atoms in total. The van der Waals surface area contributed by atoms with Gasteiger partial charge < -0.3 is 19.5 Å². The SMILES string of the molecule is C[C@H](CNC(=O)OC(C)(C)C)Oc1cccc(OC(=O)c2ccccc2)c1. The molecule has 2 rings (SSSR count). The monoisotopic (exact) mass is 371 g/mol. The number of hydrogen-bond acceptors (Lipinski definition) is 5. The molecular weight excluding hydrogens is 346 g/mol. The van der Waals surface area contributed by atoms with Crippen LogP contribution in [0, 0.1) is 0 Å². The number of rotatable bonds is 6. The summed E-state index contributed by atoms with van der Waals surface area (Å²) in [5, 5.41) is 2.66. The van der Waals surface area contributed by atoms with E-state index in [-0.39, 0.29) is 12.6 Å². The van der Waals surface area contributed by atoms with Crippen LogP contribution in [0.1, 0.15) is 38.1 Å². The molecule has 0 fully saturated rings. The highest BCUT2D eigenvalue weighted by Gasteiger charge is 2.17. The van der Waals surface area contributed by atoms with Gasteiger partial charge in [0.2, 0.25) is 0 Å². The third-order valence-corrected chi connectivity index (χ3v) is 3.30. The number of nitrogens with one attached hydrogen (secondary N) is 1. The zero-order chi connectivity index (χ0) is 19.9. The van der Waals surface area contributed by atoms with E-state index in [9.17, 15) is 9.59 Å². The molecule has 0 bridgehead atoms. The predicted molar refractivity (Wildman–Crippen MR) is 102 cm³/mol. The van der Waals surface area contributed by atoms with Crippen LogP contribution in [0.25, 0.3) is 0 Å². The Morgan fingerprint density at radius 3 is 2.33 bits per heavy atom. The second-order valence-corrected chi connectivity index (χ2v) is 7.04. The van der Waals surface area contributed by atoms with Crippen LogP contribution in [-0.2, 0) is 4.74 Å². The number of hydrogen-bond donors (Lipinski definition) is 1. The minimum Gasteiger partial charge on any atom is -0.489 e. The maximum atomic E-state index is 12.1. The Morgan fingerprint density at radius 1 is 1.00 bits per heavy atom. The largest absolute Gasteiger partial charge is 0.489 e. The molecule has 1 atom stereocenters. The fourth-order valence-electron chi connectivity index (χ4n) is 2.17. The maximum absolute atomic E-state index is 12.1. The van der Waals surface area contributed by atoms with E-state index < -0.39 is 17.7 Å². The van der Waals surface area contributed by atoms with Gasteiger partial charge in [0.05, 0.1) is 12.1 Å². The van der Waals surface area contributed by atoms with Gasteiger partial charge in [-0.25, -0.2) is 9.59 Å². The molecule has 0 radical (unpaired) electrons. The second-order valence-electron chi connectivity index (χ2n) is 7.04. The molecule has 2 aromatic carbocycles. The van der Waals surface area contributed by atoms with Crippen molar-refractivity contribution in [2.24, 2.45) is 0 Å². The number of carbonyl (C=O) groups is 2. The van der Waals surface area contributed by atoms with E-state index >= 15 is 0 Å². The fraction of sp³-hybridized carbons (Fsp3) is 0.333. The molecule has 144 valence electrons. The van der Waals surface area contributed by atoms with Gasteiger partial charge >= 0.3 is 12.1 Å². The van der Waals surface area contributed by atoms with Crippen LogP contribution in [0.2, 0.25) is 0 Å². The molecule has 1 N–H and O–H groups in total.